The van der Waals surface area contributed by atoms with Crippen molar-refractivity contribution in [1.29, 1.82) is 0 Å². The number of anilines is 1. The summed E-state index contributed by atoms with van der Waals surface area (Å²) in [6, 6.07) is 6.50. The smallest absolute Gasteiger partial charge is 0.387 e. The Bertz CT molecular complexity index is 678. The average molecular weight is 358 g/mol. The van der Waals surface area contributed by atoms with Crippen LogP contribution in [0.5, 0.6) is 5.75 Å². The number of para-hydroxylation sites is 1. The normalized spacial score (nSPS) is 11.1. The number of amides is 1. The molecule has 0 bridgehead atoms. The van der Waals surface area contributed by atoms with Crippen molar-refractivity contribution in [3.63, 3.8) is 0 Å². The van der Waals surface area contributed by atoms with E-state index < -0.39 is 12.5 Å². The Morgan fingerprint density at radius 2 is 2.12 bits per heavy atom. The van der Waals surface area contributed by atoms with E-state index in [2.05, 4.69) is 14.9 Å². The second-order valence-corrected chi connectivity index (χ2v) is 5.69. The Labute approximate surface area is 143 Å². The van der Waals surface area contributed by atoms with Crippen molar-refractivity contribution < 1.29 is 18.3 Å². The minimum Gasteiger partial charge on any atom is -0.433 e. The van der Waals surface area contributed by atoms with E-state index >= 15 is 0 Å². The standard InChI is InChI=1S/C16H18ClF2N3O2/c1-10(2)12-4-3-5-13(24-16(18)19)15(12)22(14(23)8-17)9-11-6-7-20-21-11/h3-7,10,16H,8-9H2,1-2H3,(H,20,21). The first kappa shape index (κ1) is 18.2. The van der Waals surface area contributed by atoms with Crippen molar-refractivity contribution in [1.82, 2.24) is 10.2 Å². The van der Waals surface area contributed by atoms with Crippen molar-refractivity contribution in [2.45, 2.75) is 32.9 Å². The Balaban J connectivity index is 2.55. The third kappa shape index (κ3) is 4.23. The molecular weight excluding hydrogens is 340 g/mol. The summed E-state index contributed by atoms with van der Waals surface area (Å²) in [5.74, 6) is -0.768. The summed E-state index contributed by atoms with van der Waals surface area (Å²) in [7, 11) is 0. The molecule has 24 heavy (non-hydrogen) atoms. The van der Waals surface area contributed by atoms with Crippen LogP contribution in [0.25, 0.3) is 0 Å². The highest BCUT2D eigenvalue weighted by Gasteiger charge is 2.25. The molecule has 0 aliphatic rings. The number of alkyl halides is 3. The van der Waals surface area contributed by atoms with Gasteiger partial charge in [-0.3, -0.25) is 9.89 Å². The van der Waals surface area contributed by atoms with Crippen molar-refractivity contribution in [2.24, 2.45) is 0 Å². The van der Waals surface area contributed by atoms with Gasteiger partial charge in [-0.25, -0.2) is 0 Å². The number of aromatic nitrogens is 2. The van der Waals surface area contributed by atoms with Crippen LogP contribution in [0.4, 0.5) is 14.5 Å². The maximum absolute atomic E-state index is 12.8. The third-order valence-corrected chi connectivity index (χ3v) is 3.67. The number of H-pyrrole nitrogens is 1. The van der Waals surface area contributed by atoms with Crippen LogP contribution in [-0.2, 0) is 11.3 Å². The molecule has 0 radical (unpaired) electrons. The molecule has 1 aromatic heterocycles. The molecule has 1 aromatic carbocycles. The second-order valence-electron chi connectivity index (χ2n) is 5.42. The minimum atomic E-state index is -2.99. The number of benzene rings is 1. The Hall–Kier alpha value is -2.15. The molecule has 1 heterocycles. The summed E-state index contributed by atoms with van der Waals surface area (Å²) in [5, 5.41) is 6.58. The molecule has 2 aromatic rings. The molecule has 0 aliphatic carbocycles. The fraction of sp³-hybridized carbons (Fsp3) is 0.375. The molecule has 5 nitrogen and oxygen atoms in total. The summed E-state index contributed by atoms with van der Waals surface area (Å²) >= 11 is 5.72. The molecule has 130 valence electrons. The predicted octanol–water partition coefficient (Wildman–Crippen LogP) is 3.91. The molecule has 1 amide bonds. The van der Waals surface area contributed by atoms with Gasteiger partial charge in [0.25, 0.3) is 0 Å². The van der Waals surface area contributed by atoms with E-state index in [1.54, 1.807) is 24.4 Å². The molecule has 8 heteroatoms. The molecule has 0 saturated heterocycles. The van der Waals surface area contributed by atoms with Crippen LogP contribution in [0.2, 0.25) is 0 Å². The third-order valence-electron chi connectivity index (χ3n) is 3.44. The van der Waals surface area contributed by atoms with E-state index in [4.69, 9.17) is 11.6 Å². The van der Waals surface area contributed by atoms with Gasteiger partial charge in [-0.15, -0.1) is 11.6 Å². The van der Waals surface area contributed by atoms with Crippen LogP contribution in [-0.4, -0.2) is 28.6 Å². The van der Waals surface area contributed by atoms with Crippen molar-refractivity contribution in [2.75, 3.05) is 10.8 Å². The van der Waals surface area contributed by atoms with E-state index in [9.17, 15) is 13.6 Å². The lowest BCUT2D eigenvalue weighted by Gasteiger charge is -2.27. The van der Waals surface area contributed by atoms with Crippen LogP contribution >= 0.6 is 11.6 Å². The van der Waals surface area contributed by atoms with E-state index in [1.807, 2.05) is 13.8 Å². The first-order valence-corrected chi connectivity index (χ1v) is 7.89. The Morgan fingerprint density at radius 3 is 2.67 bits per heavy atom. The minimum absolute atomic E-state index is 0.00591. The number of carbonyl (C=O) groups is 1. The van der Waals surface area contributed by atoms with Crippen LogP contribution in [0.15, 0.2) is 30.5 Å². The van der Waals surface area contributed by atoms with Crippen LogP contribution in [0, 0.1) is 0 Å². The monoisotopic (exact) mass is 357 g/mol. The van der Waals surface area contributed by atoms with E-state index in [1.165, 1.54) is 11.0 Å². The van der Waals surface area contributed by atoms with Gasteiger partial charge in [-0.2, -0.15) is 13.9 Å². The van der Waals surface area contributed by atoms with Gasteiger partial charge < -0.3 is 9.64 Å². The quantitative estimate of drug-likeness (QED) is 0.764. The van der Waals surface area contributed by atoms with Gasteiger partial charge in [0.2, 0.25) is 5.91 Å². The molecule has 0 spiro atoms. The van der Waals surface area contributed by atoms with Crippen molar-refractivity contribution >= 4 is 23.2 Å². The number of hydrogen-bond donors (Lipinski definition) is 1. The van der Waals surface area contributed by atoms with Gasteiger partial charge in [0.15, 0.2) is 0 Å². The zero-order valence-electron chi connectivity index (χ0n) is 13.3. The molecule has 0 aliphatic heterocycles. The fourth-order valence-electron chi connectivity index (χ4n) is 2.39. The van der Waals surface area contributed by atoms with Gasteiger partial charge in [0, 0.05) is 6.20 Å². The lowest BCUT2D eigenvalue weighted by Crippen LogP contribution is -2.33. The van der Waals surface area contributed by atoms with Gasteiger partial charge >= 0.3 is 6.61 Å². The first-order valence-electron chi connectivity index (χ1n) is 7.36. The fourth-order valence-corrected chi connectivity index (χ4v) is 2.54. The van der Waals surface area contributed by atoms with Crippen molar-refractivity contribution in [3.05, 3.63) is 41.7 Å². The van der Waals surface area contributed by atoms with E-state index in [-0.39, 0.29) is 24.1 Å². The highest BCUT2D eigenvalue weighted by Crippen LogP contribution is 2.38. The Kier molecular flexibility index (Phi) is 6.14. The molecule has 0 saturated carbocycles. The number of nitrogens with zero attached hydrogens (tertiary/aromatic N) is 2. The number of carbonyl (C=O) groups excluding carboxylic acids is 1. The summed E-state index contributed by atoms with van der Waals surface area (Å²) in [6.45, 7) is 0.940. The maximum Gasteiger partial charge on any atom is 0.387 e. The summed E-state index contributed by atoms with van der Waals surface area (Å²) in [4.78, 5) is 13.7. The van der Waals surface area contributed by atoms with E-state index in [0.717, 1.165) is 0 Å². The number of hydrogen-bond acceptors (Lipinski definition) is 3. The average Bonchev–Trinajstić information content (AvgIpc) is 3.04. The largest absolute Gasteiger partial charge is 0.433 e. The number of ether oxygens (including phenoxy) is 1. The highest BCUT2D eigenvalue weighted by atomic mass is 35.5. The Morgan fingerprint density at radius 1 is 1.38 bits per heavy atom. The SMILES string of the molecule is CC(C)c1cccc(OC(F)F)c1N(Cc1ccn[nH]1)C(=O)CCl. The van der Waals surface area contributed by atoms with Gasteiger partial charge in [0.05, 0.1) is 17.9 Å². The highest BCUT2D eigenvalue weighted by molar-refractivity contribution is 6.29. The zero-order valence-corrected chi connectivity index (χ0v) is 14.1. The number of rotatable bonds is 7. The number of nitrogens with one attached hydrogen (secondary N) is 1. The molecule has 0 unspecified atom stereocenters. The summed E-state index contributed by atoms with van der Waals surface area (Å²) < 4.78 is 30.2. The van der Waals surface area contributed by atoms with E-state index in [0.29, 0.717) is 16.9 Å². The maximum atomic E-state index is 12.8. The predicted molar refractivity (Wildman–Crippen MR) is 87.7 cm³/mol. The van der Waals surface area contributed by atoms with Gasteiger partial charge in [-0.05, 0) is 23.6 Å². The lowest BCUT2D eigenvalue weighted by molar-refractivity contribution is -0.116. The first-order chi connectivity index (χ1) is 11.4. The van der Waals surface area contributed by atoms with Crippen LogP contribution in [0.3, 0.4) is 0 Å². The molecule has 0 atom stereocenters. The lowest BCUT2D eigenvalue weighted by atomic mass is 9.99. The molecular formula is C16H18ClF2N3O2. The number of halogens is 3. The molecule has 0 fully saturated rings. The summed E-state index contributed by atoms with van der Waals surface area (Å²) in [6.07, 6.45) is 1.55. The van der Waals surface area contributed by atoms with Gasteiger partial charge in [-0.1, -0.05) is 26.0 Å². The summed E-state index contributed by atoms with van der Waals surface area (Å²) in [5.41, 5.74) is 1.66. The topological polar surface area (TPSA) is 58.2 Å². The van der Waals surface area contributed by atoms with Gasteiger partial charge in [0.1, 0.15) is 11.6 Å². The zero-order chi connectivity index (χ0) is 17.7. The molecule has 2 rings (SSSR count). The van der Waals surface area contributed by atoms with Crippen LogP contribution < -0.4 is 9.64 Å². The van der Waals surface area contributed by atoms with Crippen LogP contribution in [0.1, 0.15) is 31.0 Å². The second kappa shape index (κ2) is 8.10. The number of aromatic amines is 1. The molecule has 1 N–H and O–H groups in total. The van der Waals surface area contributed by atoms with Crippen molar-refractivity contribution in [3.8, 4) is 5.75 Å².